The second-order valence-corrected chi connectivity index (χ2v) is 22.1. The first-order valence-electron chi connectivity index (χ1n) is 31.7. The molecule has 0 saturated heterocycles. The maximum Gasteiger partial charge on any atom is 0.249 e. The van der Waals surface area contributed by atoms with Gasteiger partial charge in [-0.15, -0.1) is 0 Å². The number of allylic oxidation sites excluding steroid dienone is 4. The number of amides is 1. The lowest BCUT2D eigenvalue weighted by Crippen LogP contribution is -2.53. The Kier molecular flexibility index (Phi) is 57.7. The molecule has 0 fully saturated rings. The van der Waals surface area contributed by atoms with E-state index in [1.807, 2.05) is 0 Å². The standard InChI is InChI=1S/C64H125NO5/c1-3-5-7-9-11-13-15-17-19-21-23-25-27-29-31-32-34-36-38-40-42-44-46-48-50-52-54-56-58-62(68)64(70)65-60(59-66)63(69)61(67)57-55-53-51-49-47-45-43-41-39-37-35-33-30-28-26-24-22-20-18-16-14-12-10-8-6-4-2/h23,25,29,31,60-63,66-69H,3-22,24,26-28,30,32-59H2,1-2H3,(H,65,70)/b25-23-,31-29-. The molecule has 0 aromatic rings. The van der Waals surface area contributed by atoms with Crippen molar-refractivity contribution in [2.24, 2.45) is 0 Å². The summed E-state index contributed by atoms with van der Waals surface area (Å²) in [5.41, 5.74) is 0. The summed E-state index contributed by atoms with van der Waals surface area (Å²) in [5, 5.41) is 44.2. The van der Waals surface area contributed by atoms with E-state index in [-0.39, 0.29) is 0 Å². The minimum Gasteiger partial charge on any atom is -0.394 e. The third-order valence-corrected chi connectivity index (χ3v) is 15.2. The summed E-state index contributed by atoms with van der Waals surface area (Å²) in [6, 6.07) is -0.986. The van der Waals surface area contributed by atoms with Crippen LogP contribution in [0.4, 0.5) is 0 Å². The van der Waals surface area contributed by atoms with Crippen molar-refractivity contribution < 1.29 is 25.2 Å². The molecule has 0 radical (unpaired) electrons. The van der Waals surface area contributed by atoms with Crippen molar-refractivity contribution in [3.05, 3.63) is 24.3 Å². The lowest BCUT2D eigenvalue weighted by molar-refractivity contribution is -0.132. The van der Waals surface area contributed by atoms with Crippen LogP contribution >= 0.6 is 0 Å². The molecule has 4 atom stereocenters. The van der Waals surface area contributed by atoms with Crippen molar-refractivity contribution >= 4 is 5.91 Å². The summed E-state index contributed by atoms with van der Waals surface area (Å²) in [6.07, 6.45) is 72.7. The Morgan fingerprint density at radius 2 is 0.614 bits per heavy atom. The molecule has 0 saturated carbocycles. The number of carbonyl (C=O) groups is 1. The fourth-order valence-corrected chi connectivity index (χ4v) is 10.2. The quantitative estimate of drug-likeness (QED) is 0.0308. The first kappa shape index (κ1) is 68.8. The molecule has 0 aromatic heterocycles. The highest BCUT2D eigenvalue weighted by Crippen LogP contribution is 2.19. The van der Waals surface area contributed by atoms with Gasteiger partial charge in [0.2, 0.25) is 5.91 Å². The number of hydrogen-bond donors (Lipinski definition) is 5. The van der Waals surface area contributed by atoms with Crippen LogP contribution in [-0.2, 0) is 4.79 Å². The number of unbranched alkanes of at least 4 members (excludes halogenated alkanes) is 46. The second kappa shape index (κ2) is 58.7. The summed E-state index contributed by atoms with van der Waals surface area (Å²) in [6.45, 7) is 4.10. The molecule has 1 amide bonds. The molecule has 416 valence electrons. The topological polar surface area (TPSA) is 110 Å². The SMILES string of the molecule is CCCCCCCCCCC/C=C\C/C=C\CCCCCCCCCCCCCCC(O)C(=O)NC(CO)C(O)C(O)CCCCCCCCCCCCCCCCCCCCCCCCCCCC. The van der Waals surface area contributed by atoms with E-state index in [1.54, 1.807) is 0 Å². The number of carbonyl (C=O) groups excluding carboxylic acids is 1. The van der Waals surface area contributed by atoms with Crippen molar-refractivity contribution in [1.82, 2.24) is 5.32 Å². The van der Waals surface area contributed by atoms with E-state index in [9.17, 15) is 25.2 Å². The van der Waals surface area contributed by atoms with Crippen molar-refractivity contribution in [3.8, 4) is 0 Å². The Labute approximate surface area is 437 Å². The zero-order valence-electron chi connectivity index (χ0n) is 47.3. The van der Waals surface area contributed by atoms with Gasteiger partial charge >= 0.3 is 0 Å². The van der Waals surface area contributed by atoms with Crippen LogP contribution in [0.3, 0.4) is 0 Å². The number of hydrogen-bond acceptors (Lipinski definition) is 5. The van der Waals surface area contributed by atoms with Crippen LogP contribution in [0.1, 0.15) is 348 Å². The average Bonchev–Trinajstić information content (AvgIpc) is 3.36. The van der Waals surface area contributed by atoms with E-state index >= 15 is 0 Å². The van der Waals surface area contributed by atoms with Crippen molar-refractivity contribution in [2.45, 2.75) is 372 Å². The average molecular weight is 989 g/mol. The molecule has 4 unspecified atom stereocenters. The van der Waals surface area contributed by atoms with E-state index in [0.29, 0.717) is 12.8 Å². The fraction of sp³-hybridized carbons (Fsp3) is 0.922. The summed E-state index contributed by atoms with van der Waals surface area (Å²) in [5.74, 6) is -0.579. The summed E-state index contributed by atoms with van der Waals surface area (Å²) in [4.78, 5) is 12.6. The second-order valence-electron chi connectivity index (χ2n) is 22.1. The van der Waals surface area contributed by atoms with Crippen LogP contribution < -0.4 is 5.32 Å². The molecule has 0 spiro atoms. The van der Waals surface area contributed by atoms with Crippen LogP contribution in [0.5, 0.6) is 0 Å². The van der Waals surface area contributed by atoms with Gasteiger partial charge in [0, 0.05) is 0 Å². The fourth-order valence-electron chi connectivity index (χ4n) is 10.2. The molecule has 0 aliphatic heterocycles. The third kappa shape index (κ3) is 51.7. The highest BCUT2D eigenvalue weighted by atomic mass is 16.3. The van der Waals surface area contributed by atoms with Crippen molar-refractivity contribution in [3.63, 3.8) is 0 Å². The molecule has 0 aromatic carbocycles. The van der Waals surface area contributed by atoms with Crippen LogP contribution in [0.15, 0.2) is 24.3 Å². The summed E-state index contributed by atoms with van der Waals surface area (Å²) < 4.78 is 0. The molecule has 6 heteroatoms. The maximum absolute atomic E-state index is 12.6. The van der Waals surface area contributed by atoms with E-state index < -0.39 is 36.9 Å². The van der Waals surface area contributed by atoms with E-state index in [4.69, 9.17) is 0 Å². The minimum atomic E-state index is -1.26. The maximum atomic E-state index is 12.6. The van der Waals surface area contributed by atoms with Crippen LogP contribution in [0, 0.1) is 0 Å². The smallest absolute Gasteiger partial charge is 0.249 e. The predicted molar refractivity (Wildman–Crippen MR) is 307 cm³/mol. The van der Waals surface area contributed by atoms with Gasteiger partial charge < -0.3 is 25.7 Å². The zero-order chi connectivity index (χ0) is 50.9. The normalized spacial score (nSPS) is 13.7. The first-order chi connectivity index (χ1) is 34.5. The number of rotatable bonds is 59. The molecular weight excluding hydrogens is 863 g/mol. The van der Waals surface area contributed by atoms with Gasteiger partial charge in [-0.2, -0.15) is 0 Å². The van der Waals surface area contributed by atoms with Gasteiger partial charge in [-0.05, 0) is 44.9 Å². The Balaban J connectivity index is 3.58. The third-order valence-electron chi connectivity index (χ3n) is 15.2. The Morgan fingerprint density at radius 1 is 0.357 bits per heavy atom. The first-order valence-corrected chi connectivity index (χ1v) is 31.7. The van der Waals surface area contributed by atoms with E-state index in [1.165, 1.54) is 276 Å². The summed E-state index contributed by atoms with van der Waals surface area (Å²) >= 11 is 0. The van der Waals surface area contributed by atoms with Crippen LogP contribution in [-0.4, -0.2) is 57.3 Å². The largest absolute Gasteiger partial charge is 0.394 e. The predicted octanol–water partition coefficient (Wildman–Crippen LogP) is 19.0. The van der Waals surface area contributed by atoms with Crippen LogP contribution in [0.2, 0.25) is 0 Å². The van der Waals surface area contributed by atoms with Gasteiger partial charge in [0.25, 0.3) is 0 Å². The van der Waals surface area contributed by atoms with Crippen LogP contribution in [0.25, 0.3) is 0 Å². The summed E-state index contributed by atoms with van der Waals surface area (Å²) in [7, 11) is 0. The molecule has 0 bridgehead atoms. The molecule has 70 heavy (non-hydrogen) atoms. The van der Waals surface area contributed by atoms with E-state index in [2.05, 4.69) is 43.5 Å². The molecular formula is C64H125NO5. The van der Waals surface area contributed by atoms with Crippen molar-refractivity contribution in [1.29, 1.82) is 0 Å². The molecule has 5 N–H and O–H groups in total. The molecule has 0 heterocycles. The lowest BCUT2D eigenvalue weighted by atomic mass is 9.99. The number of aliphatic hydroxyl groups is 4. The molecule has 0 rings (SSSR count). The van der Waals surface area contributed by atoms with Crippen molar-refractivity contribution in [2.75, 3.05) is 6.61 Å². The van der Waals surface area contributed by atoms with Gasteiger partial charge in [0.05, 0.1) is 18.8 Å². The Bertz CT molecular complexity index is 1060. The van der Waals surface area contributed by atoms with Gasteiger partial charge in [-0.1, -0.05) is 327 Å². The molecule has 6 nitrogen and oxygen atoms in total. The highest BCUT2D eigenvalue weighted by molar-refractivity contribution is 5.80. The number of nitrogens with one attached hydrogen (secondary N) is 1. The van der Waals surface area contributed by atoms with Gasteiger partial charge in [-0.3, -0.25) is 4.79 Å². The highest BCUT2D eigenvalue weighted by Gasteiger charge is 2.28. The number of aliphatic hydroxyl groups excluding tert-OH is 4. The Morgan fingerprint density at radius 3 is 0.900 bits per heavy atom. The van der Waals surface area contributed by atoms with Gasteiger partial charge in [-0.25, -0.2) is 0 Å². The molecule has 0 aliphatic carbocycles. The molecule has 0 aliphatic rings. The van der Waals surface area contributed by atoms with Gasteiger partial charge in [0.1, 0.15) is 12.2 Å². The zero-order valence-corrected chi connectivity index (χ0v) is 47.3. The monoisotopic (exact) mass is 988 g/mol. The lowest BCUT2D eigenvalue weighted by Gasteiger charge is -2.27. The van der Waals surface area contributed by atoms with Gasteiger partial charge in [0.15, 0.2) is 0 Å². The Hall–Kier alpha value is -1.21. The minimum absolute atomic E-state index is 0.370. The van der Waals surface area contributed by atoms with E-state index in [0.717, 1.165) is 44.9 Å².